The molecule has 0 radical (unpaired) electrons. The van der Waals surface area contributed by atoms with Crippen LogP contribution in [0.1, 0.15) is 27.7 Å². The lowest BCUT2D eigenvalue weighted by atomic mass is 9.86. The molecule has 1 amide bonds. The summed E-state index contributed by atoms with van der Waals surface area (Å²) in [4.78, 5) is 23.1. The molecule has 1 heterocycles. The van der Waals surface area contributed by atoms with Crippen LogP contribution in [0.25, 0.3) is 0 Å². The van der Waals surface area contributed by atoms with Crippen molar-refractivity contribution in [2.45, 2.75) is 44.9 Å². The first-order valence-corrected chi connectivity index (χ1v) is 5.39. The number of rotatable bonds is 2. The summed E-state index contributed by atoms with van der Waals surface area (Å²) in [6, 6.07) is 0. The molecule has 0 saturated carbocycles. The van der Waals surface area contributed by atoms with Crippen LogP contribution in [-0.4, -0.2) is 51.4 Å². The van der Waals surface area contributed by atoms with Gasteiger partial charge in [-0.15, -0.1) is 0 Å². The van der Waals surface area contributed by atoms with Crippen molar-refractivity contribution in [3.63, 3.8) is 0 Å². The van der Waals surface area contributed by atoms with Gasteiger partial charge in [-0.05, 0) is 27.7 Å². The number of hydrogen-bond acceptors (Lipinski definition) is 5. The second kappa shape index (κ2) is 4.14. The Labute approximate surface area is 99.5 Å². The van der Waals surface area contributed by atoms with Crippen LogP contribution in [0.3, 0.4) is 0 Å². The SMILES string of the molecule is CC(O)C1([N+](=O)[O-])CN(C(=O)OC(C)(C)C)C1. The van der Waals surface area contributed by atoms with Gasteiger partial charge in [0, 0.05) is 4.92 Å². The fraction of sp³-hybridized carbons (Fsp3) is 0.900. The molecule has 17 heavy (non-hydrogen) atoms. The first-order valence-electron chi connectivity index (χ1n) is 5.39. The minimum absolute atomic E-state index is 0.118. The first-order chi connectivity index (χ1) is 7.58. The molecule has 1 saturated heterocycles. The summed E-state index contributed by atoms with van der Waals surface area (Å²) in [5.41, 5.74) is -2.08. The zero-order chi connectivity index (χ0) is 13.4. The van der Waals surface area contributed by atoms with Crippen molar-refractivity contribution in [1.82, 2.24) is 4.90 Å². The van der Waals surface area contributed by atoms with E-state index in [1.165, 1.54) is 11.8 Å². The molecular weight excluding hydrogens is 228 g/mol. The number of aliphatic hydroxyl groups excluding tert-OH is 1. The molecule has 0 aromatic heterocycles. The van der Waals surface area contributed by atoms with Crippen LogP contribution in [0.2, 0.25) is 0 Å². The Balaban J connectivity index is 2.61. The van der Waals surface area contributed by atoms with E-state index in [1.54, 1.807) is 20.8 Å². The Morgan fingerprint density at radius 3 is 2.29 bits per heavy atom. The molecule has 1 aliphatic heterocycles. The molecule has 7 heteroatoms. The Morgan fingerprint density at radius 2 is 2.00 bits per heavy atom. The predicted octanol–water partition coefficient (Wildman–Crippen LogP) is 0.633. The van der Waals surface area contributed by atoms with Gasteiger partial charge in [-0.3, -0.25) is 15.0 Å². The number of likely N-dealkylation sites (tertiary alicyclic amines) is 1. The van der Waals surface area contributed by atoms with E-state index in [0.29, 0.717) is 0 Å². The average Bonchev–Trinajstić information content (AvgIpc) is 1.95. The van der Waals surface area contributed by atoms with E-state index in [1.807, 2.05) is 0 Å². The second-order valence-corrected chi connectivity index (χ2v) is 5.37. The third kappa shape index (κ3) is 2.66. The Kier molecular flexibility index (Phi) is 3.33. The standard InChI is InChI=1S/C10H18N2O5/c1-7(13)10(12(15)16)5-11(6-10)8(14)17-9(2,3)4/h7,13H,5-6H2,1-4H3. The molecule has 0 aliphatic carbocycles. The monoisotopic (exact) mass is 246 g/mol. The Morgan fingerprint density at radius 1 is 1.53 bits per heavy atom. The molecule has 1 aliphatic rings. The highest BCUT2D eigenvalue weighted by atomic mass is 16.6. The van der Waals surface area contributed by atoms with Crippen LogP contribution in [0.4, 0.5) is 4.79 Å². The van der Waals surface area contributed by atoms with Gasteiger partial charge in [0.25, 0.3) is 5.54 Å². The third-order valence-corrected chi connectivity index (χ3v) is 2.72. The maximum atomic E-state index is 11.6. The van der Waals surface area contributed by atoms with Crippen LogP contribution >= 0.6 is 0 Å². The summed E-state index contributed by atoms with van der Waals surface area (Å²) in [5.74, 6) is 0. The van der Waals surface area contributed by atoms with Crippen LogP contribution in [0.15, 0.2) is 0 Å². The van der Waals surface area contributed by atoms with Gasteiger partial charge < -0.3 is 9.84 Å². The van der Waals surface area contributed by atoms with E-state index < -0.39 is 28.3 Å². The van der Waals surface area contributed by atoms with E-state index in [2.05, 4.69) is 0 Å². The van der Waals surface area contributed by atoms with Gasteiger partial charge in [0.15, 0.2) is 0 Å². The molecular formula is C10H18N2O5. The predicted molar refractivity (Wildman–Crippen MR) is 59.2 cm³/mol. The van der Waals surface area contributed by atoms with Crippen LogP contribution in [0.5, 0.6) is 0 Å². The van der Waals surface area contributed by atoms with Gasteiger partial charge in [0.2, 0.25) is 0 Å². The topological polar surface area (TPSA) is 92.9 Å². The molecule has 1 N–H and O–H groups in total. The van der Waals surface area contributed by atoms with E-state index >= 15 is 0 Å². The third-order valence-electron chi connectivity index (χ3n) is 2.72. The van der Waals surface area contributed by atoms with Crippen molar-refractivity contribution in [1.29, 1.82) is 0 Å². The van der Waals surface area contributed by atoms with Gasteiger partial charge in [-0.1, -0.05) is 0 Å². The number of nitro groups is 1. The second-order valence-electron chi connectivity index (χ2n) is 5.37. The van der Waals surface area contributed by atoms with Crippen molar-refractivity contribution in [3.8, 4) is 0 Å². The highest BCUT2D eigenvalue weighted by molar-refractivity contribution is 5.69. The maximum absolute atomic E-state index is 11.6. The molecule has 1 unspecified atom stereocenters. The summed E-state index contributed by atoms with van der Waals surface area (Å²) < 4.78 is 5.08. The Hall–Kier alpha value is -1.37. The van der Waals surface area contributed by atoms with Crippen LogP contribution < -0.4 is 0 Å². The van der Waals surface area contributed by atoms with E-state index in [9.17, 15) is 20.0 Å². The van der Waals surface area contributed by atoms with Crippen molar-refractivity contribution < 1.29 is 19.6 Å². The largest absolute Gasteiger partial charge is 0.444 e. The van der Waals surface area contributed by atoms with Crippen molar-refractivity contribution in [2.24, 2.45) is 0 Å². The molecule has 1 rings (SSSR count). The fourth-order valence-corrected chi connectivity index (χ4v) is 1.60. The molecule has 7 nitrogen and oxygen atoms in total. The molecule has 1 atom stereocenters. The van der Waals surface area contributed by atoms with Crippen molar-refractivity contribution in [2.75, 3.05) is 13.1 Å². The highest BCUT2D eigenvalue weighted by Crippen LogP contribution is 2.29. The number of nitrogens with zero attached hydrogens (tertiary/aromatic N) is 2. The number of carbonyl (C=O) groups is 1. The molecule has 0 aromatic rings. The number of carbonyl (C=O) groups excluding carboxylic acids is 1. The summed E-state index contributed by atoms with van der Waals surface area (Å²) in [6.45, 7) is 6.29. The molecule has 98 valence electrons. The maximum Gasteiger partial charge on any atom is 0.410 e. The quantitative estimate of drug-likeness (QED) is 0.570. The average molecular weight is 246 g/mol. The van der Waals surface area contributed by atoms with Crippen molar-refractivity contribution >= 4 is 6.09 Å². The summed E-state index contributed by atoms with van der Waals surface area (Å²) in [6.07, 6.45) is -1.69. The lowest BCUT2D eigenvalue weighted by Crippen LogP contribution is -2.72. The van der Waals surface area contributed by atoms with Gasteiger partial charge in [-0.2, -0.15) is 0 Å². The highest BCUT2D eigenvalue weighted by Gasteiger charge is 2.60. The van der Waals surface area contributed by atoms with Gasteiger partial charge in [0.05, 0.1) is 13.1 Å². The lowest BCUT2D eigenvalue weighted by molar-refractivity contribution is -0.598. The number of amides is 1. The van der Waals surface area contributed by atoms with E-state index in [-0.39, 0.29) is 13.1 Å². The molecule has 0 spiro atoms. The zero-order valence-corrected chi connectivity index (χ0v) is 10.5. The summed E-state index contributed by atoms with van der Waals surface area (Å²) >= 11 is 0. The summed E-state index contributed by atoms with van der Waals surface area (Å²) in [5, 5.41) is 20.3. The fourth-order valence-electron chi connectivity index (χ4n) is 1.60. The van der Waals surface area contributed by atoms with Gasteiger partial charge in [-0.25, -0.2) is 4.79 Å². The Bertz CT molecular complexity index is 328. The minimum atomic E-state index is -1.45. The summed E-state index contributed by atoms with van der Waals surface area (Å²) in [7, 11) is 0. The number of aliphatic hydroxyl groups is 1. The minimum Gasteiger partial charge on any atom is -0.444 e. The molecule has 0 bridgehead atoms. The van der Waals surface area contributed by atoms with Gasteiger partial charge in [0.1, 0.15) is 11.7 Å². The first kappa shape index (κ1) is 13.7. The molecule has 1 fully saturated rings. The van der Waals surface area contributed by atoms with Crippen LogP contribution in [0, 0.1) is 10.1 Å². The van der Waals surface area contributed by atoms with E-state index in [0.717, 1.165) is 0 Å². The van der Waals surface area contributed by atoms with Crippen LogP contribution in [-0.2, 0) is 4.74 Å². The lowest BCUT2D eigenvalue weighted by Gasteiger charge is -2.44. The van der Waals surface area contributed by atoms with E-state index in [4.69, 9.17) is 4.74 Å². The van der Waals surface area contributed by atoms with Gasteiger partial charge >= 0.3 is 6.09 Å². The van der Waals surface area contributed by atoms with Crippen molar-refractivity contribution in [3.05, 3.63) is 10.1 Å². The number of ether oxygens (including phenoxy) is 1. The molecule has 0 aromatic carbocycles. The zero-order valence-electron chi connectivity index (χ0n) is 10.5. The number of hydrogen-bond donors (Lipinski definition) is 1. The smallest absolute Gasteiger partial charge is 0.410 e. The normalized spacial score (nSPS) is 20.4.